The third-order valence-corrected chi connectivity index (χ3v) is 6.31. The normalized spacial score (nSPS) is 13.5. The summed E-state index contributed by atoms with van der Waals surface area (Å²) in [5, 5.41) is 14.7. The quantitative estimate of drug-likeness (QED) is 0.605. The van der Waals surface area contributed by atoms with Crippen molar-refractivity contribution in [3.8, 4) is 0 Å². The lowest BCUT2D eigenvalue weighted by atomic mass is 10.0. The molecule has 0 radical (unpaired) electrons. The minimum absolute atomic E-state index is 0.0372. The summed E-state index contributed by atoms with van der Waals surface area (Å²) in [5.41, 5.74) is -1.06. The van der Waals surface area contributed by atoms with Crippen molar-refractivity contribution in [3.63, 3.8) is 0 Å². The number of nitrogens with one attached hydrogen (secondary N) is 1. The Morgan fingerprint density at radius 3 is 2.64 bits per heavy atom. The molecule has 1 atom stereocenters. The number of rotatable bonds is 7. The van der Waals surface area contributed by atoms with E-state index in [2.05, 4.69) is 5.32 Å². The third kappa shape index (κ3) is 4.84. The topological polar surface area (TPSA) is 49.3 Å². The van der Waals surface area contributed by atoms with Gasteiger partial charge < -0.3 is 10.4 Å². The molecule has 0 aliphatic rings. The fourth-order valence-corrected chi connectivity index (χ4v) is 4.45. The number of aliphatic hydroxyl groups is 1. The van der Waals surface area contributed by atoms with Crippen LogP contribution < -0.4 is 5.32 Å². The van der Waals surface area contributed by atoms with Crippen LogP contribution in [0.3, 0.4) is 0 Å². The smallest absolute Gasteiger partial charge is 0.220 e. The van der Waals surface area contributed by atoms with Gasteiger partial charge in [-0.3, -0.25) is 4.79 Å². The summed E-state index contributed by atoms with van der Waals surface area (Å²) in [5.74, 6) is 0.686. The molecule has 0 aliphatic carbocycles. The lowest BCUT2D eigenvalue weighted by Gasteiger charge is -2.22. The molecular weight excluding hydrogens is 350 g/mol. The van der Waals surface area contributed by atoms with Crippen molar-refractivity contribution < 1.29 is 9.90 Å². The van der Waals surface area contributed by atoms with Crippen LogP contribution >= 0.6 is 23.1 Å². The van der Waals surface area contributed by atoms with Crippen molar-refractivity contribution in [3.05, 3.63) is 65.5 Å². The van der Waals surface area contributed by atoms with Gasteiger partial charge in [-0.1, -0.05) is 36.4 Å². The Morgan fingerprint density at radius 1 is 1.16 bits per heavy atom. The van der Waals surface area contributed by atoms with Gasteiger partial charge in [-0.05, 0) is 36.6 Å². The second-order valence-corrected chi connectivity index (χ2v) is 8.36. The summed E-state index contributed by atoms with van der Waals surface area (Å²) in [4.78, 5) is 14.1. The Balaban J connectivity index is 1.50. The summed E-state index contributed by atoms with van der Waals surface area (Å²) in [6, 6.07) is 20.1. The van der Waals surface area contributed by atoms with E-state index in [0.717, 1.165) is 25.6 Å². The Labute approximate surface area is 156 Å². The Morgan fingerprint density at radius 2 is 1.88 bits per heavy atom. The van der Waals surface area contributed by atoms with Gasteiger partial charge in [0.25, 0.3) is 0 Å². The molecule has 0 spiro atoms. The number of hydrogen-bond acceptors (Lipinski definition) is 4. The van der Waals surface area contributed by atoms with Gasteiger partial charge in [0.1, 0.15) is 5.60 Å². The van der Waals surface area contributed by atoms with Crippen LogP contribution in [0.4, 0.5) is 0 Å². The molecule has 0 saturated heterocycles. The molecule has 1 aromatic heterocycles. The zero-order chi connectivity index (χ0) is 17.7. The predicted molar refractivity (Wildman–Crippen MR) is 106 cm³/mol. The van der Waals surface area contributed by atoms with Crippen molar-refractivity contribution >= 4 is 39.1 Å². The van der Waals surface area contributed by atoms with E-state index in [1.54, 1.807) is 30.0 Å². The third-order valence-electron chi connectivity index (χ3n) is 3.93. The van der Waals surface area contributed by atoms with Gasteiger partial charge >= 0.3 is 0 Å². The highest BCUT2D eigenvalue weighted by Gasteiger charge is 2.26. The van der Waals surface area contributed by atoms with Gasteiger partial charge in [-0.15, -0.1) is 23.1 Å². The molecule has 0 fully saturated rings. The van der Waals surface area contributed by atoms with Crippen molar-refractivity contribution in [2.45, 2.75) is 23.8 Å². The van der Waals surface area contributed by atoms with E-state index in [1.165, 1.54) is 0 Å². The fourth-order valence-electron chi connectivity index (χ4n) is 2.47. The summed E-state index contributed by atoms with van der Waals surface area (Å²) < 4.78 is 1.14. The molecule has 3 rings (SSSR count). The van der Waals surface area contributed by atoms with Crippen molar-refractivity contribution in [1.82, 2.24) is 5.32 Å². The second-order valence-electron chi connectivity index (χ2n) is 6.11. The highest BCUT2D eigenvalue weighted by atomic mass is 32.2. The molecule has 0 saturated carbocycles. The maximum absolute atomic E-state index is 12.1. The van der Waals surface area contributed by atoms with Gasteiger partial charge in [0, 0.05) is 26.6 Å². The van der Waals surface area contributed by atoms with E-state index in [9.17, 15) is 9.90 Å². The number of benzene rings is 2. The molecule has 2 N–H and O–H groups in total. The summed E-state index contributed by atoms with van der Waals surface area (Å²) >= 11 is 3.23. The zero-order valence-corrected chi connectivity index (χ0v) is 15.7. The molecule has 25 heavy (non-hydrogen) atoms. The van der Waals surface area contributed by atoms with Crippen LogP contribution in [0, 0.1) is 0 Å². The van der Waals surface area contributed by atoms with Crippen molar-refractivity contribution in [1.29, 1.82) is 0 Å². The van der Waals surface area contributed by atoms with E-state index in [4.69, 9.17) is 0 Å². The standard InChI is InChI=1S/C20H21NO2S2/c1-20(23,18-13-15-7-5-6-10-17(15)25-18)14-21-19(22)11-12-24-16-8-3-2-4-9-16/h2-10,13,23H,11-12,14H2,1H3,(H,21,22)/t20-/m0/s1. The first-order chi connectivity index (χ1) is 12.0. The molecule has 2 aromatic carbocycles. The van der Waals surface area contributed by atoms with Crippen LogP contribution in [0.25, 0.3) is 10.1 Å². The van der Waals surface area contributed by atoms with E-state index < -0.39 is 5.60 Å². The number of thioether (sulfide) groups is 1. The minimum atomic E-state index is -1.06. The molecule has 130 valence electrons. The van der Waals surface area contributed by atoms with Crippen LogP contribution in [-0.4, -0.2) is 23.3 Å². The Bertz CT molecular complexity index is 810. The molecule has 3 nitrogen and oxygen atoms in total. The number of hydrogen-bond donors (Lipinski definition) is 2. The number of thiophene rings is 1. The summed E-state index contributed by atoms with van der Waals surface area (Å²) in [7, 11) is 0. The Hall–Kier alpha value is -1.82. The Kier molecular flexibility index (Phi) is 5.78. The highest BCUT2D eigenvalue weighted by Crippen LogP contribution is 2.32. The first kappa shape index (κ1) is 18.0. The highest BCUT2D eigenvalue weighted by molar-refractivity contribution is 7.99. The van der Waals surface area contributed by atoms with E-state index in [1.807, 2.05) is 60.7 Å². The number of carbonyl (C=O) groups excluding carboxylic acids is 1. The van der Waals surface area contributed by atoms with Gasteiger partial charge in [0.05, 0.1) is 6.54 Å². The van der Waals surface area contributed by atoms with Crippen LogP contribution in [0.2, 0.25) is 0 Å². The molecule has 0 aliphatic heterocycles. The lowest BCUT2D eigenvalue weighted by molar-refractivity contribution is -0.121. The van der Waals surface area contributed by atoms with Gasteiger partial charge in [-0.25, -0.2) is 0 Å². The fraction of sp³-hybridized carbons (Fsp3) is 0.250. The molecule has 1 heterocycles. The number of amides is 1. The first-order valence-electron chi connectivity index (χ1n) is 8.20. The molecule has 3 aromatic rings. The monoisotopic (exact) mass is 371 g/mol. The van der Waals surface area contributed by atoms with Crippen LogP contribution in [-0.2, 0) is 10.4 Å². The maximum Gasteiger partial charge on any atom is 0.220 e. The average molecular weight is 372 g/mol. The predicted octanol–water partition coefficient (Wildman–Crippen LogP) is 4.41. The average Bonchev–Trinajstić information content (AvgIpc) is 3.06. The van der Waals surface area contributed by atoms with Crippen molar-refractivity contribution in [2.24, 2.45) is 0 Å². The van der Waals surface area contributed by atoms with Gasteiger partial charge in [-0.2, -0.15) is 0 Å². The van der Waals surface area contributed by atoms with Crippen molar-refractivity contribution in [2.75, 3.05) is 12.3 Å². The minimum Gasteiger partial charge on any atom is -0.383 e. The molecule has 1 amide bonds. The van der Waals surface area contributed by atoms with Gasteiger partial charge in [0.15, 0.2) is 0 Å². The largest absolute Gasteiger partial charge is 0.383 e. The summed E-state index contributed by atoms with van der Waals surface area (Å²) in [6.45, 7) is 1.96. The molecule has 0 unspecified atom stereocenters. The van der Waals surface area contributed by atoms with E-state index >= 15 is 0 Å². The van der Waals surface area contributed by atoms with Crippen LogP contribution in [0.15, 0.2) is 65.6 Å². The molecule has 5 heteroatoms. The van der Waals surface area contributed by atoms with Gasteiger partial charge in [0.2, 0.25) is 5.91 Å². The first-order valence-corrected chi connectivity index (χ1v) is 10.0. The zero-order valence-electron chi connectivity index (χ0n) is 14.1. The second kappa shape index (κ2) is 8.04. The number of fused-ring (bicyclic) bond motifs is 1. The molecular formula is C20H21NO2S2. The SMILES string of the molecule is C[C@](O)(CNC(=O)CCSc1ccccc1)c1cc2ccccc2s1. The van der Waals surface area contributed by atoms with Crippen LogP contribution in [0.1, 0.15) is 18.2 Å². The molecule has 0 bridgehead atoms. The lowest BCUT2D eigenvalue weighted by Crippen LogP contribution is -2.38. The van der Waals surface area contributed by atoms with E-state index in [-0.39, 0.29) is 12.5 Å². The number of carbonyl (C=O) groups is 1. The van der Waals surface area contributed by atoms with Crippen LogP contribution in [0.5, 0.6) is 0 Å². The summed E-state index contributed by atoms with van der Waals surface area (Å²) in [6.07, 6.45) is 0.433. The maximum atomic E-state index is 12.1. The van der Waals surface area contributed by atoms with E-state index in [0.29, 0.717) is 6.42 Å².